The molecular formula is C16H33N. The van der Waals surface area contributed by atoms with Crippen molar-refractivity contribution >= 4 is 0 Å². The molecule has 1 saturated carbocycles. The highest BCUT2D eigenvalue weighted by Gasteiger charge is 2.24. The first-order chi connectivity index (χ1) is 8.31. The average Bonchev–Trinajstić information content (AvgIpc) is 2.40. The fourth-order valence-electron chi connectivity index (χ4n) is 3.42. The van der Waals surface area contributed by atoms with E-state index in [-0.39, 0.29) is 0 Å². The second-order valence-corrected chi connectivity index (χ2v) is 5.95. The molecule has 1 heteroatoms. The molecule has 1 aliphatic carbocycles. The van der Waals surface area contributed by atoms with Crippen LogP contribution in [-0.4, -0.2) is 13.1 Å². The van der Waals surface area contributed by atoms with Gasteiger partial charge in [-0.25, -0.2) is 0 Å². The lowest BCUT2D eigenvalue weighted by Crippen LogP contribution is -2.36. The van der Waals surface area contributed by atoms with E-state index in [0.717, 1.165) is 17.9 Å². The summed E-state index contributed by atoms with van der Waals surface area (Å²) in [6.07, 6.45) is 14.3. The maximum absolute atomic E-state index is 3.61. The molecule has 0 radical (unpaired) electrons. The van der Waals surface area contributed by atoms with Gasteiger partial charge in [0.05, 0.1) is 0 Å². The van der Waals surface area contributed by atoms with E-state index < -0.39 is 0 Å². The van der Waals surface area contributed by atoms with Crippen molar-refractivity contribution < 1.29 is 0 Å². The molecule has 1 nitrogen and oxygen atoms in total. The van der Waals surface area contributed by atoms with Crippen molar-refractivity contribution in [3.05, 3.63) is 0 Å². The van der Waals surface area contributed by atoms with E-state index in [1.165, 1.54) is 64.2 Å². The molecule has 0 bridgehead atoms. The number of nitrogens with one attached hydrogen (secondary N) is 1. The number of rotatable bonds is 8. The lowest BCUT2D eigenvalue weighted by molar-refractivity contribution is 0.234. The van der Waals surface area contributed by atoms with Crippen LogP contribution in [0.1, 0.15) is 78.1 Å². The first-order valence-corrected chi connectivity index (χ1v) is 7.99. The topological polar surface area (TPSA) is 12.0 Å². The summed E-state index contributed by atoms with van der Waals surface area (Å²) in [7, 11) is 2.17. The zero-order valence-electron chi connectivity index (χ0n) is 12.3. The van der Waals surface area contributed by atoms with Gasteiger partial charge in [-0.2, -0.15) is 0 Å². The monoisotopic (exact) mass is 239 g/mol. The fraction of sp³-hybridized carbons (Fsp3) is 1.00. The van der Waals surface area contributed by atoms with Crippen LogP contribution in [0.15, 0.2) is 0 Å². The Bertz CT molecular complexity index is 172. The summed E-state index contributed by atoms with van der Waals surface area (Å²) in [6.45, 7) is 4.68. The maximum atomic E-state index is 3.61. The van der Waals surface area contributed by atoms with Crippen LogP contribution in [-0.2, 0) is 0 Å². The Balaban J connectivity index is 2.36. The van der Waals surface area contributed by atoms with Crippen molar-refractivity contribution in [3.8, 4) is 0 Å². The largest absolute Gasteiger partial charge is 0.317 e. The van der Waals surface area contributed by atoms with Gasteiger partial charge in [0.1, 0.15) is 0 Å². The van der Waals surface area contributed by atoms with E-state index in [4.69, 9.17) is 0 Å². The fourth-order valence-corrected chi connectivity index (χ4v) is 3.42. The first-order valence-electron chi connectivity index (χ1n) is 7.99. The smallest absolute Gasteiger partial charge is 0.00949 e. The van der Waals surface area contributed by atoms with Crippen molar-refractivity contribution in [1.29, 1.82) is 0 Å². The van der Waals surface area contributed by atoms with Gasteiger partial charge in [0, 0.05) is 6.04 Å². The van der Waals surface area contributed by atoms with Crippen LogP contribution < -0.4 is 5.32 Å². The highest BCUT2D eigenvalue weighted by molar-refractivity contribution is 4.80. The third-order valence-corrected chi connectivity index (χ3v) is 4.72. The molecule has 0 saturated heterocycles. The lowest BCUT2D eigenvalue weighted by Gasteiger charge is -2.32. The molecule has 17 heavy (non-hydrogen) atoms. The van der Waals surface area contributed by atoms with E-state index in [2.05, 4.69) is 26.2 Å². The van der Waals surface area contributed by atoms with Gasteiger partial charge >= 0.3 is 0 Å². The highest BCUT2D eigenvalue weighted by Crippen LogP contribution is 2.30. The second-order valence-electron chi connectivity index (χ2n) is 5.95. The summed E-state index contributed by atoms with van der Waals surface area (Å²) in [5.74, 6) is 1.92. The Hall–Kier alpha value is -0.0400. The van der Waals surface area contributed by atoms with Gasteiger partial charge in [-0.3, -0.25) is 0 Å². The molecule has 1 N–H and O–H groups in total. The van der Waals surface area contributed by atoms with Crippen LogP contribution >= 0.6 is 0 Å². The van der Waals surface area contributed by atoms with Gasteiger partial charge < -0.3 is 5.32 Å². The maximum Gasteiger partial charge on any atom is 0.00949 e. The zero-order valence-corrected chi connectivity index (χ0v) is 12.3. The third kappa shape index (κ3) is 5.42. The van der Waals surface area contributed by atoms with Crippen molar-refractivity contribution in [3.63, 3.8) is 0 Å². The molecule has 102 valence electrons. The van der Waals surface area contributed by atoms with Gasteiger partial charge in [-0.05, 0) is 38.1 Å². The zero-order chi connectivity index (χ0) is 12.5. The quantitative estimate of drug-likeness (QED) is 0.644. The Morgan fingerprint density at radius 2 is 1.82 bits per heavy atom. The predicted molar refractivity (Wildman–Crippen MR) is 77.3 cm³/mol. The van der Waals surface area contributed by atoms with E-state index in [1.54, 1.807) is 0 Å². The minimum atomic E-state index is 0.789. The number of hydrogen-bond acceptors (Lipinski definition) is 1. The molecule has 0 aromatic heterocycles. The molecule has 0 aromatic carbocycles. The van der Waals surface area contributed by atoms with Gasteiger partial charge in [0.25, 0.3) is 0 Å². The van der Waals surface area contributed by atoms with Crippen molar-refractivity contribution in [2.24, 2.45) is 11.8 Å². The van der Waals surface area contributed by atoms with Crippen LogP contribution in [0, 0.1) is 11.8 Å². The van der Waals surface area contributed by atoms with Gasteiger partial charge in [0.2, 0.25) is 0 Å². The standard InChI is InChI=1S/C16H33N/c1-4-6-10-14(5-2)13-16(17-3)15-11-8-7-9-12-15/h14-17H,4-13H2,1-3H3. The molecule has 2 unspecified atom stereocenters. The summed E-state index contributed by atoms with van der Waals surface area (Å²) in [5.41, 5.74) is 0. The van der Waals surface area contributed by atoms with Gasteiger partial charge in [-0.15, -0.1) is 0 Å². The number of hydrogen-bond donors (Lipinski definition) is 1. The van der Waals surface area contributed by atoms with Crippen molar-refractivity contribution in [2.45, 2.75) is 84.1 Å². The highest BCUT2D eigenvalue weighted by atomic mass is 14.9. The Morgan fingerprint density at radius 3 is 2.35 bits per heavy atom. The van der Waals surface area contributed by atoms with Crippen LogP contribution in [0.3, 0.4) is 0 Å². The molecule has 0 aliphatic heterocycles. The molecule has 1 fully saturated rings. The summed E-state index contributed by atoms with van der Waals surface area (Å²) in [6, 6.07) is 0.789. The Labute approximate surface area is 109 Å². The SMILES string of the molecule is CCCCC(CC)CC(NC)C1CCCCC1. The summed E-state index contributed by atoms with van der Waals surface area (Å²) < 4.78 is 0. The first kappa shape index (κ1) is 15.0. The molecule has 0 spiro atoms. The van der Waals surface area contributed by atoms with Crippen LogP contribution in [0.4, 0.5) is 0 Å². The molecule has 2 atom stereocenters. The molecular weight excluding hydrogens is 206 g/mol. The van der Waals surface area contributed by atoms with E-state index in [9.17, 15) is 0 Å². The van der Waals surface area contributed by atoms with Crippen molar-refractivity contribution in [2.75, 3.05) is 7.05 Å². The van der Waals surface area contributed by atoms with Crippen LogP contribution in [0.5, 0.6) is 0 Å². The Morgan fingerprint density at radius 1 is 1.12 bits per heavy atom. The van der Waals surface area contributed by atoms with E-state index in [0.29, 0.717) is 0 Å². The third-order valence-electron chi connectivity index (χ3n) is 4.72. The second kappa shape index (κ2) is 8.97. The average molecular weight is 239 g/mol. The molecule has 0 heterocycles. The normalized spacial score (nSPS) is 21.4. The summed E-state index contributed by atoms with van der Waals surface area (Å²) in [4.78, 5) is 0. The van der Waals surface area contributed by atoms with Gasteiger partial charge in [-0.1, -0.05) is 58.8 Å². The molecule has 1 rings (SSSR count). The van der Waals surface area contributed by atoms with Crippen molar-refractivity contribution in [1.82, 2.24) is 5.32 Å². The van der Waals surface area contributed by atoms with Gasteiger partial charge in [0.15, 0.2) is 0 Å². The lowest BCUT2D eigenvalue weighted by atomic mass is 9.79. The van der Waals surface area contributed by atoms with E-state index in [1.807, 2.05) is 0 Å². The van der Waals surface area contributed by atoms with Crippen LogP contribution in [0.2, 0.25) is 0 Å². The minimum absolute atomic E-state index is 0.789. The predicted octanol–water partition coefficient (Wildman–Crippen LogP) is 4.76. The molecule has 1 aliphatic rings. The van der Waals surface area contributed by atoms with Crippen LogP contribution in [0.25, 0.3) is 0 Å². The van der Waals surface area contributed by atoms with E-state index >= 15 is 0 Å². The molecule has 0 aromatic rings. The summed E-state index contributed by atoms with van der Waals surface area (Å²) >= 11 is 0. The minimum Gasteiger partial charge on any atom is -0.317 e. The number of unbranched alkanes of at least 4 members (excludes halogenated alkanes) is 1. The Kier molecular flexibility index (Phi) is 7.92. The molecule has 0 amide bonds. The summed E-state index contributed by atoms with van der Waals surface area (Å²) in [5, 5.41) is 3.61.